The predicted octanol–water partition coefficient (Wildman–Crippen LogP) is 2.14. The van der Waals surface area contributed by atoms with Crippen molar-refractivity contribution in [3.05, 3.63) is 22.8 Å². The molecule has 4 N–H and O–H groups in total. The molecule has 3 heterocycles. The van der Waals surface area contributed by atoms with Gasteiger partial charge >= 0.3 is 0 Å². The second kappa shape index (κ2) is 8.35. The number of ether oxygens (including phenoxy) is 2. The van der Waals surface area contributed by atoms with Crippen LogP contribution in [0.3, 0.4) is 0 Å². The first kappa shape index (κ1) is 17.8. The van der Waals surface area contributed by atoms with Crippen LogP contribution in [0.4, 0.5) is 11.8 Å². The minimum absolute atomic E-state index is 0.220. The smallest absolute Gasteiger partial charge is 0.229 e. The molecule has 0 unspecified atom stereocenters. The lowest BCUT2D eigenvalue weighted by Crippen LogP contribution is -2.24. The third-order valence-electron chi connectivity index (χ3n) is 4.03. The van der Waals surface area contributed by atoms with Crippen molar-refractivity contribution in [1.82, 2.24) is 9.97 Å². The Morgan fingerprint density at radius 1 is 1.36 bits per heavy atom. The molecule has 8 nitrogen and oxygen atoms in total. The predicted molar refractivity (Wildman–Crippen MR) is 97.9 cm³/mol. The van der Waals surface area contributed by atoms with Crippen LogP contribution in [0.5, 0.6) is 0 Å². The number of hydrogen-bond acceptors (Lipinski definition) is 8. The number of halogens is 1. The molecule has 2 aliphatic heterocycles. The van der Waals surface area contributed by atoms with Gasteiger partial charge in [-0.2, -0.15) is 4.98 Å². The zero-order chi connectivity index (χ0) is 17.6. The van der Waals surface area contributed by atoms with Crippen molar-refractivity contribution in [2.24, 2.45) is 10.7 Å². The van der Waals surface area contributed by atoms with Crippen LogP contribution in [0.2, 0.25) is 5.02 Å². The summed E-state index contributed by atoms with van der Waals surface area (Å²) in [5.74, 6) is 1.25. The van der Waals surface area contributed by atoms with E-state index < -0.39 is 0 Å². The van der Waals surface area contributed by atoms with Crippen LogP contribution in [0.25, 0.3) is 0 Å². The molecule has 0 atom stereocenters. The average molecular weight is 367 g/mol. The summed E-state index contributed by atoms with van der Waals surface area (Å²) in [6, 6.07) is 0.220. The van der Waals surface area contributed by atoms with E-state index in [9.17, 15) is 0 Å². The molecule has 1 fully saturated rings. The topological polar surface area (TPSA) is 107 Å². The van der Waals surface area contributed by atoms with E-state index in [2.05, 4.69) is 20.6 Å². The van der Waals surface area contributed by atoms with Crippen molar-refractivity contribution < 1.29 is 9.47 Å². The molecule has 1 saturated heterocycles. The van der Waals surface area contributed by atoms with Crippen molar-refractivity contribution in [3.63, 3.8) is 0 Å². The molecular formula is C16H23ClN6O2. The molecule has 25 heavy (non-hydrogen) atoms. The first-order valence-electron chi connectivity index (χ1n) is 8.42. The average Bonchev–Trinajstić information content (AvgIpc) is 2.64. The Labute approximate surface area is 151 Å². The Balaban J connectivity index is 1.89. The molecule has 2 bridgehead atoms. The minimum Gasteiger partial charge on any atom is -0.478 e. The van der Waals surface area contributed by atoms with Crippen molar-refractivity contribution in [2.75, 3.05) is 37.0 Å². The summed E-state index contributed by atoms with van der Waals surface area (Å²) >= 11 is 6.13. The standard InChI is InChI=1S/C16H23ClN6O2/c1-10(21-11-3-7-24-8-4-11)13-14(18)25-6-2-5-19-15-12(17)9-20-16(22-13)23-15/h9,11H,2-8,18H2,1H3,(H2,19,20,22,23). The molecular weight excluding hydrogens is 344 g/mol. The van der Waals surface area contributed by atoms with E-state index in [1.807, 2.05) is 6.92 Å². The zero-order valence-electron chi connectivity index (χ0n) is 14.2. The van der Waals surface area contributed by atoms with Gasteiger partial charge in [0, 0.05) is 19.8 Å². The highest BCUT2D eigenvalue weighted by molar-refractivity contribution is 6.32. The molecule has 0 radical (unpaired) electrons. The summed E-state index contributed by atoms with van der Waals surface area (Å²) in [6.45, 7) is 4.52. The molecule has 0 spiro atoms. The fourth-order valence-corrected chi connectivity index (χ4v) is 2.84. The van der Waals surface area contributed by atoms with Gasteiger partial charge in [0.05, 0.1) is 24.6 Å². The van der Waals surface area contributed by atoms with Crippen LogP contribution in [-0.2, 0) is 9.47 Å². The Kier molecular flexibility index (Phi) is 5.93. The van der Waals surface area contributed by atoms with Gasteiger partial charge in [-0.15, -0.1) is 0 Å². The second-order valence-electron chi connectivity index (χ2n) is 5.94. The van der Waals surface area contributed by atoms with Crippen molar-refractivity contribution >= 4 is 29.1 Å². The number of nitrogens with zero attached hydrogens (tertiary/aromatic N) is 3. The van der Waals surface area contributed by atoms with Gasteiger partial charge in [-0.25, -0.2) is 4.98 Å². The molecule has 1 aromatic rings. The number of nitrogens with two attached hydrogens (primary N) is 1. The summed E-state index contributed by atoms with van der Waals surface area (Å²) in [6.07, 6.45) is 4.12. The van der Waals surface area contributed by atoms with Gasteiger partial charge in [-0.1, -0.05) is 11.6 Å². The number of fused-ring (bicyclic) bond motifs is 2. The molecule has 3 rings (SSSR count). The van der Waals surface area contributed by atoms with Crippen LogP contribution in [0.15, 0.2) is 22.8 Å². The third kappa shape index (κ3) is 4.73. The number of aliphatic imine (C=N–C) groups is 1. The minimum atomic E-state index is 0.220. The van der Waals surface area contributed by atoms with Crippen molar-refractivity contribution in [2.45, 2.75) is 32.2 Å². The zero-order valence-corrected chi connectivity index (χ0v) is 15.0. The van der Waals surface area contributed by atoms with Gasteiger partial charge in [0.15, 0.2) is 5.82 Å². The van der Waals surface area contributed by atoms with Gasteiger partial charge in [0.1, 0.15) is 10.7 Å². The van der Waals surface area contributed by atoms with Crippen molar-refractivity contribution in [3.8, 4) is 0 Å². The maximum Gasteiger partial charge on any atom is 0.229 e. The Bertz CT molecular complexity index is 673. The van der Waals surface area contributed by atoms with E-state index >= 15 is 0 Å². The van der Waals surface area contributed by atoms with Gasteiger partial charge in [-0.3, -0.25) is 4.99 Å². The molecule has 0 aliphatic carbocycles. The van der Waals surface area contributed by atoms with E-state index in [0.717, 1.165) is 38.2 Å². The van der Waals surface area contributed by atoms with Crippen LogP contribution in [0, 0.1) is 0 Å². The Morgan fingerprint density at radius 3 is 2.96 bits per heavy atom. The summed E-state index contributed by atoms with van der Waals surface area (Å²) in [7, 11) is 0. The van der Waals surface area contributed by atoms with E-state index in [1.165, 1.54) is 0 Å². The van der Waals surface area contributed by atoms with Crippen molar-refractivity contribution in [1.29, 1.82) is 0 Å². The van der Waals surface area contributed by atoms with E-state index in [-0.39, 0.29) is 11.9 Å². The maximum atomic E-state index is 6.15. The number of rotatable bonds is 2. The lowest BCUT2D eigenvalue weighted by Gasteiger charge is -2.20. The molecule has 0 aromatic carbocycles. The highest BCUT2D eigenvalue weighted by Gasteiger charge is 2.17. The lowest BCUT2D eigenvalue weighted by molar-refractivity contribution is 0.0871. The number of aromatic nitrogens is 2. The third-order valence-corrected chi connectivity index (χ3v) is 4.30. The second-order valence-corrected chi connectivity index (χ2v) is 6.35. The van der Waals surface area contributed by atoms with Crippen LogP contribution >= 0.6 is 11.6 Å². The number of anilines is 2. The number of hydrogen-bond donors (Lipinski definition) is 3. The van der Waals surface area contributed by atoms with Crippen LogP contribution < -0.4 is 16.4 Å². The highest BCUT2D eigenvalue weighted by Crippen LogP contribution is 2.21. The van der Waals surface area contributed by atoms with E-state index in [4.69, 9.17) is 31.8 Å². The summed E-state index contributed by atoms with van der Waals surface area (Å²) < 4.78 is 11.0. The van der Waals surface area contributed by atoms with E-state index in [0.29, 0.717) is 35.6 Å². The molecule has 9 heteroatoms. The molecule has 0 amide bonds. The van der Waals surface area contributed by atoms with Crippen LogP contribution in [-0.4, -0.2) is 48.1 Å². The van der Waals surface area contributed by atoms with E-state index in [1.54, 1.807) is 6.20 Å². The summed E-state index contributed by atoms with van der Waals surface area (Å²) in [5, 5.41) is 6.77. The summed E-state index contributed by atoms with van der Waals surface area (Å²) in [5.41, 5.74) is 7.49. The Hall–Kier alpha value is -2.06. The van der Waals surface area contributed by atoms with Gasteiger partial charge < -0.3 is 25.8 Å². The quantitative estimate of drug-likeness (QED) is 0.688. The first-order valence-corrected chi connectivity index (χ1v) is 8.80. The Morgan fingerprint density at radius 2 is 2.16 bits per heavy atom. The highest BCUT2D eigenvalue weighted by atomic mass is 35.5. The van der Waals surface area contributed by atoms with Gasteiger partial charge in [0.25, 0.3) is 0 Å². The molecule has 136 valence electrons. The van der Waals surface area contributed by atoms with Crippen LogP contribution in [0.1, 0.15) is 26.2 Å². The van der Waals surface area contributed by atoms with Gasteiger partial charge in [-0.05, 0) is 26.2 Å². The normalized spacial score (nSPS) is 20.2. The van der Waals surface area contributed by atoms with Gasteiger partial charge in [0.2, 0.25) is 11.8 Å². The molecule has 0 saturated carbocycles. The first-order chi connectivity index (χ1) is 12.1. The SMILES string of the molecule is CC(=NC1CCOCC1)C1=C(N)OCCCNc2nc(ncc2Cl)N1. The number of allylic oxidation sites excluding steroid dienone is 1. The number of nitrogens with one attached hydrogen (secondary N) is 2. The fourth-order valence-electron chi connectivity index (χ4n) is 2.68. The molecule has 1 aromatic heterocycles. The maximum absolute atomic E-state index is 6.15. The monoisotopic (exact) mass is 366 g/mol. The molecule has 2 aliphatic rings. The largest absolute Gasteiger partial charge is 0.478 e. The lowest BCUT2D eigenvalue weighted by atomic mass is 10.1. The summed E-state index contributed by atoms with van der Waals surface area (Å²) in [4.78, 5) is 13.4. The fraction of sp³-hybridized carbons (Fsp3) is 0.562.